The molecule has 0 radical (unpaired) electrons. The molecule has 20 heavy (non-hydrogen) atoms. The van der Waals surface area contributed by atoms with Gasteiger partial charge in [0.2, 0.25) is 0 Å². The Hall–Kier alpha value is -2.07. The predicted octanol–water partition coefficient (Wildman–Crippen LogP) is 1.46. The molecule has 0 aliphatic rings. The highest BCUT2D eigenvalue weighted by Crippen LogP contribution is 2.30. The second-order valence-corrected chi connectivity index (χ2v) is 6.18. The topological polar surface area (TPSA) is 108 Å². The van der Waals surface area contributed by atoms with Crippen molar-refractivity contribution in [2.24, 2.45) is 7.05 Å². The van der Waals surface area contributed by atoms with Gasteiger partial charge in [-0.25, -0.2) is 12.8 Å². The van der Waals surface area contributed by atoms with Crippen molar-refractivity contribution >= 4 is 25.4 Å². The number of nitrogens with zero attached hydrogens (tertiary/aromatic N) is 4. The Balaban J connectivity index is 2.73. The van der Waals surface area contributed by atoms with Crippen LogP contribution in [0.3, 0.4) is 0 Å². The van der Waals surface area contributed by atoms with Crippen LogP contribution in [0.2, 0.25) is 0 Å². The van der Waals surface area contributed by atoms with E-state index in [1.165, 1.54) is 7.05 Å². The molecule has 0 aliphatic heterocycles. The number of nitro groups is 1. The maximum atomic E-state index is 13.2. The van der Waals surface area contributed by atoms with E-state index in [0.29, 0.717) is 0 Å². The van der Waals surface area contributed by atoms with Gasteiger partial charge in [-0.05, 0) is 12.1 Å². The van der Waals surface area contributed by atoms with Crippen LogP contribution in [0.5, 0.6) is 0 Å². The number of halogens is 2. The number of rotatable bonds is 3. The molecular weight excluding hydrogens is 315 g/mol. The molecule has 0 saturated heterocycles. The van der Waals surface area contributed by atoms with Gasteiger partial charge in [0.25, 0.3) is 19.9 Å². The normalized spacial score (nSPS) is 11.6. The van der Waals surface area contributed by atoms with E-state index in [2.05, 4.69) is 10.2 Å². The molecule has 0 N–H and O–H groups in total. The number of aromatic nitrogens is 3. The van der Waals surface area contributed by atoms with Crippen LogP contribution in [0, 0.1) is 15.9 Å². The van der Waals surface area contributed by atoms with Crippen molar-refractivity contribution in [3.63, 3.8) is 0 Å². The average molecular weight is 321 g/mol. The zero-order chi connectivity index (χ0) is 15.1. The van der Waals surface area contributed by atoms with Gasteiger partial charge < -0.3 is 0 Å². The van der Waals surface area contributed by atoms with E-state index < -0.39 is 30.6 Å². The molecule has 11 heteroatoms. The summed E-state index contributed by atoms with van der Waals surface area (Å²) >= 11 is 0. The third-order valence-electron chi connectivity index (χ3n) is 2.45. The van der Waals surface area contributed by atoms with Gasteiger partial charge in [-0.3, -0.25) is 14.7 Å². The lowest BCUT2D eigenvalue weighted by Gasteiger charge is -2.03. The second kappa shape index (κ2) is 4.80. The van der Waals surface area contributed by atoms with Gasteiger partial charge >= 0.3 is 0 Å². The van der Waals surface area contributed by atoms with Crippen LogP contribution >= 0.6 is 10.7 Å². The van der Waals surface area contributed by atoms with Gasteiger partial charge in [0.15, 0.2) is 5.82 Å². The zero-order valence-corrected chi connectivity index (χ0v) is 11.4. The van der Waals surface area contributed by atoms with E-state index in [1.807, 2.05) is 0 Å². The Morgan fingerprint density at radius 3 is 2.55 bits per heavy atom. The van der Waals surface area contributed by atoms with Crippen molar-refractivity contribution in [1.82, 2.24) is 14.8 Å². The lowest BCUT2D eigenvalue weighted by atomic mass is 10.1. The monoisotopic (exact) mass is 320 g/mol. The van der Waals surface area contributed by atoms with Crippen molar-refractivity contribution in [3.05, 3.63) is 34.1 Å². The lowest BCUT2D eigenvalue weighted by Crippen LogP contribution is -2.04. The first kappa shape index (κ1) is 14.3. The van der Waals surface area contributed by atoms with Crippen LogP contribution in [0.15, 0.2) is 23.4 Å². The number of hydrogen-bond donors (Lipinski definition) is 0. The first-order chi connectivity index (χ1) is 9.21. The number of benzene rings is 1. The fourth-order valence-electron chi connectivity index (χ4n) is 1.61. The van der Waals surface area contributed by atoms with E-state index >= 15 is 0 Å². The summed E-state index contributed by atoms with van der Waals surface area (Å²) in [6.45, 7) is 0. The summed E-state index contributed by atoms with van der Waals surface area (Å²) in [5.74, 6) is -0.917. The molecule has 0 spiro atoms. The lowest BCUT2D eigenvalue weighted by molar-refractivity contribution is -0.384. The molecular formula is C9H6ClFN4O4S. The Morgan fingerprint density at radius 1 is 1.40 bits per heavy atom. The van der Waals surface area contributed by atoms with Crippen molar-refractivity contribution in [2.75, 3.05) is 0 Å². The maximum Gasteiger partial charge on any atom is 0.296 e. The predicted molar refractivity (Wildman–Crippen MR) is 66.1 cm³/mol. The van der Waals surface area contributed by atoms with Gasteiger partial charge in [0.05, 0.1) is 10.5 Å². The molecule has 2 rings (SSSR count). The second-order valence-electron chi connectivity index (χ2n) is 3.72. The Kier molecular flexibility index (Phi) is 3.44. The maximum absolute atomic E-state index is 13.2. The van der Waals surface area contributed by atoms with Crippen molar-refractivity contribution < 1.29 is 17.7 Å². The molecule has 0 aliphatic carbocycles. The fraction of sp³-hybridized carbons (Fsp3) is 0.111. The zero-order valence-electron chi connectivity index (χ0n) is 9.82. The van der Waals surface area contributed by atoms with E-state index in [0.717, 1.165) is 22.8 Å². The van der Waals surface area contributed by atoms with E-state index in [4.69, 9.17) is 10.7 Å². The minimum atomic E-state index is -4.17. The fourth-order valence-corrected chi connectivity index (χ4v) is 2.56. The van der Waals surface area contributed by atoms with Gasteiger partial charge in [-0.2, -0.15) is 0 Å². The third-order valence-corrected chi connectivity index (χ3v) is 3.65. The van der Waals surface area contributed by atoms with Gasteiger partial charge in [-0.15, -0.1) is 10.2 Å². The van der Waals surface area contributed by atoms with Crippen molar-refractivity contribution in [3.8, 4) is 11.4 Å². The minimum absolute atomic E-state index is 0.185. The molecule has 0 fully saturated rings. The summed E-state index contributed by atoms with van der Waals surface area (Å²) in [6.07, 6.45) is 0. The third kappa shape index (κ3) is 2.47. The number of hydrogen-bond acceptors (Lipinski definition) is 6. The molecule has 2 aromatic rings. The standard InChI is InChI=1S/C9H6ClFN4O4S/c1-14-8(12-13-9(14)20(10,18)19)6-4-5(11)2-3-7(6)15(16)17/h2-4H,1H3. The molecule has 0 amide bonds. The van der Waals surface area contributed by atoms with Crippen molar-refractivity contribution in [1.29, 1.82) is 0 Å². The molecule has 0 unspecified atom stereocenters. The molecule has 106 valence electrons. The van der Waals surface area contributed by atoms with Crippen LogP contribution in [-0.4, -0.2) is 28.1 Å². The molecule has 0 atom stereocenters. The average Bonchev–Trinajstić information content (AvgIpc) is 2.70. The van der Waals surface area contributed by atoms with Gasteiger partial charge in [0, 0.05) is 23.8 Å². The van der Waals surface area contributed by atoms with Gasteiger partial charge in [0.1, 0.15) is 5.82 Å². The molecule has 1 aromatic carbocycles. The van der Waals surface area contributed by atoms with Crippen LogP contribution in [0.1, 0.15) is 0 Å². The molecule has 0 bridgehead atoms. The van der Waals surface area contributed by atoms with E-state index in [1.54, 1.807) is 0 Å². The van der Waals surface area contributed by atoms with E-state index in [9.17, 15) is 22.9 Å². The summed E-state index contributed by atoms with van der Waals surface area (Å²) in [5, 5.41) is 17.2. The summed E-state index contributed by atoms with van der Waals surface area (Å²) in [6, 6.07) is 2.73. The Morgan fingerprint density at radius 2 is 2.05 bits per heavy atom. The minimum Gasteiger partial charge on any atom is -0.300 e. The largest absolute Gasteiger partial charge is 0.300 e. The highest BCUT2D eigenvalue weighted by atomic mass is 35.7. The smallest absolute Gasteiger partial charge is 0.296 e. The first-order valence-corrected chi connectivity index (χ1v) is 7.31. The number of nitro benzene ring substituents is 1. The summed E-state index contributed by atoms with van der Waals surface area (Å²) in [4.78, 5) is 10.2. The Labute approximate surface area is 116 Å². The quantitative estimate of drug-likeness (QED) is 0.481. The van der Waals surface area contributed by atoms with Crippen LogP contribution in [0.25, 0.3) is 11.4 Å². The molecule has 8 nitrogen and oxygen atoms in total. The molecule has 0 saturated carbocycles. The Bertz CT molecular complexity index is 804. The SMILES string of the molecule is Cn1c(-c2cc(F)ccc2[N+](=O)[O-])nnc1S(=O)(=O)Cl. The summed E-state index contributed by atoms with van der Waals surface area (Å²) in [7, 11) is 2.22. The first-order valence-electron chi connectivity index (χ1n) is 5.00. The van der Waals surface area contributed by atoms with E-state index in [-0.39, 0.29) is 11.4 Å². The highest BCUT2D eigenvalue weighted by molar-refractivity contribution is 8.13. The highest BCUT2D eigenvalue weighted by Gasteiger charge is 2.25. The van der Waals surface area contributed by atoms with Crippen molar-refractivity contribution in [2.45, 2.75) is 5.16 Å². The summed E-state index contributed by atoms with van der Waals surface area (Å²) in [5.41, 5.74) is -0.628. The van der Waals surface area contributed by atoms with Crippen LogP contribution in [0.4, 0.5) is 10.1 Å². The van der Waals surface area contributed by atoms with Gasteiger partial charge in [-0.1, -0.05) is 0 Å². The molecule has 1 heterocycles. The van der Waals surface area contributed by atoms with Crippen LogP contribution < -0.4 is 0 Å². The van der Waals surface area contributed by atoms with Crippen LogP contribution in [-0.2, 0) is 16.1 Å². The molecule has 1 aromatic heterocycles. The summed E-state index contributed by atoms with van der Waals surface area (Å²) < 4.78 is 36.6.